The van der Waals surface area contributed by atoms with E-state index in [4.69, 9.17) is 11.5 Å². The van der Waals surface area contributed by atoms with Gasteiger partial charge in [0.05, 0.1) is 11.1 Å². The molecule has 5 N–H and O–H groups in total. The number of pyridine rings is 1. The monoisotopic (exact) mass is 302 g/mol. The van der Waals surface area contributed by atoms with Gasteiger partial charge in [-0.05, 0) is 25.0 Å². The minimum atomic E-state index is -4.59. The number of carbonyl (C=O) groups excluding carboxylic acids is 1. The molecule has 0 unspecified atom stereocenters. The van der Waals surface area contributed by atoms with Crippen LogP contribution in [0.15, 0.2) is 12.1 Å². The second-order valence-corrected chi connectivity index (χ2v) is 5.27. The summed E-state index contributed by atoms with van der Waals surface area (Å²) in [5.74, 6) is -0.978. The molecule has 1 heterocycles. The first kappa shape index (κ1) is 15.6. The van der Waals surface area contributed by atoms with Gasteiger partial charge in [0.1, 0.15) is 11.5 Å². The molecule has 1 aromatic rings. The van der Waals surface area contributed by atoms with E-state index in [1.54, 1.807) is 0 Å². The van der Waals surface area contributed by atoms with Gasteiger partial charge in [0, 0.05) is 6.54 Å². The third kappa shape index (κ3) is 3.26. The summed E-state index contributed by atoms with van der Waals surface area (Å²) in [6, 6.07) is 1.79. The number of halogens is 3. The van der Waals surface area contributed by atoms with Crippen molar-refractivity contribution in [1.82, 2.24) is 4.98 Å². The van der Waals surface area contributed by atoms with Crippen LogP contribution in [0.5, 0.6) is 0 Å². The molecule has 0 radical (unpaired) electrons. The van der Waals surface area contributed by atoms with E-state index >= 15 is 0 Å². The Balaban J connectivity index is 2.41. The largest absolute Gasteiger partial charge is 0.433 e. The Hall–Kier alpha value is -1.83. The lowest BCUT2D eigenvalue weighted by atomic mass is 9.97. The topological polar surface area (TPSA) is 94.0 Å². The molecular formula is C13H17F3N4O. The molecule has 0 saturated heterocycles. The molecule has 0 aliphatic heterocycles. The van der Waals surface area contributed by atoms with Crippen LogP contribution in [0.25, 0.3) is 0 Å². The predicted octanol–water partition coefficient (Wildman–Crippen LogP) is 1.88. The number of amides is 1. The fraction of sp³-hybridized carbons (Fsp3) is 0.538. The number of rotatable bonds is 4. The van der Waals surface area contributed by atoms with Crippen molar-refractivity contribution in [1.29, 1.82) is 0 Å². The van der Waals surface area contributed by atoms with Gasteiger partial charge in [-0.15, -0.1) is 0 Å². The van der Waals surface area contributed by atoms with Gasteiger partial charge in [0.15, 0.2) is 0 Å². The molecule has 5 nitrogen and oxygen atoms in total. The highest BCUT2D eigenvalue weighted by molar-refractivity contribution is 5.97. The second kappa shape index (κ2) is 5.51. The maximum Gasteiger partial charge on any atom is 0.433 e. The van der Waals surface area contributed by atoms with E-state index in [-0.39, 0.29) is 17.9 Å². The molecule has 0 bridgehead atoms. The number of nitrogens with two attached hydrogens (primary N) is 2. The summed E-state index contributed by atoms with van der Waals surface area (Å²) in [6.07, 6.45) is -1.29. The molecule has 0 atom stereocenters. The van der Waals surface area contributed by atoms with Gasteiger partial charge in [-0.1, -0.05) is 12.8 Å². The lowest BCUT2D eigenvalue weighted by Crippen LogP contribution is -2.43. The molecule has 8 heteroatoms. The lowest BCUT2D eigenvalue weighted by molar-refractivity contribution is -0.141. The molecule has 1 amide bonds. The first-order valence-corrected chi connectivity index (χ1v) is 6.64. The summed E-state index contributed by atoms with van der Waals surface area (Å²) in [7, 11) is 0. The van der Waals surface area contributed by atoms with Crippen LogP contribution in [-0.4, -0.2) is 23.0 Å². The predicted molar refractivity (Wildman–Crippen MR) is 71.6 cm³/mol. The Morgan fingerprint density at radius 1 is 1.33 bits per heavy atom. The van der Waals surface area contributed by atoms with Crippen LogP contribution in [-0.2, 0) is 6.18 Å². The van der Waals surface area contributed by atoms with E-state index in [9.17, 15) is 18.0 Å². The summed E-state index contributed by atoms with van der Waals surface area (Å²) in [5, 5.41) is 2.93. The van der Waals surface area contributed by atoms with Crippen LogP contribution < -0.4 is 16.8 Å². The third-order valence-electron chi connectivity index (χ3n) is 3.79. The van der Waals surface area contributed by atoms with Gasteiger partial charge in [-0.2, -0.15) is 13.2 Å². The number of primary amides is 1. The number of hydrogen-bond donors (Lipinski definition) is 3. The Morgan fingerprint density at radius 2 is 1.95 bits per heavy atom. The molecule has 116 valence electrons. The number of nitrogens with one attached hydrogen (secondary N) is 1. The van der Waals surface area contributed by atoms with E-state index in [0.717, 1.165) is 37.8 Å². The van der Waals surface area contributed by atoms with Crippen molar-refractivity contribution >= 4 is 11.7 Å². The van der Waals surface area contributed by atoms with Crippen molar-refractivity contribution in [3.8, 4) is 0 Å². The smallest absolute Gasteiger partial charge is 0.365 e. The van der Waals surface area contributed by atoms with Crippen LogP contribution in [0.2, 0.25) is 0 Å². The standard InChI is InChI=1S/C13H17F3N4O/c14-13(15,16)9-4-3-8(10(18)21)11(19-9)20-12(7-17)5-1-2-6-12/h3-4H,1-2,5-7,17H2,(H2,18,21)(H,19,20). The van der Waals surface area contributed by atoms with Crippen LogP contribution in [0.4, 0.5) is 19.0 Å². The number of alkyl halides is 3. The average molecular weight is 302 g/mol. The van der Waals surface area contributed by atoms with Crippen LogP contribution in [0.3, 0.4) is 0 Å². The normalized spacial score (nSPS) is 17.7. The van der Waals surface area contributed by atoms with Crippen LogP contribution in [0.1, 0.15) is 41.7 Å². The van der Waals surface area contributed by atoms with Gasteiger partial charge in [0.2, 0.25) is 0 Å². The van der Waals surface area contributed by atoms with Gasteiger partial charge >= 0.3 is 6.18 Å². The average Bonchev–Trinajstić information content (AvgIpc) is 2.86. The molecule has 1 saturated carbocycles. The SMILES string of the molecule is NCC1(Nc2nc(C(F)(F)F)ccc2C(N)=O)CCCC1. The number of anilines is 1. The quantitative estimate of drug-likeness (QED) is 0.791. The number of nitrogens with zero attached hydrogens (tertiary/aromatic N) is 1. The zero-order valence-electron chi connectivity index (χ0n) is 11.3. The Morgan fingerprint density at radius 3 is 2.43 bits per heavy atom. The summed E-state index contributed by atoms with van der Waals surface area (Å²) in [4.78, 5) is 14.9. The number of carbonyl (C=O) groups is 1. The van der Waals surface area contributed by atoms with Gasteiger partial charge in [0.25, 0.3) is 5.91 Å². The fourth-order valence-corrected chi connectivity index (χ4v) is 2.59. The Labute approximate surface area is 119 Å². The Kier molecular flexibility index (Phi) is 4.08. The van der Waals surface area contributed by atoms with Crippen molar-refractivity contribution in [3.05, 3.63) is 23.4 Å². The highest BCUT2D eigenvalue weighted by Crippen LogP contribution is 2.34. The van der Waals surface area contributed by atoms with Gasteiger partial charge in [-0.3, -0.25) is 4.79 Å². The molecule has 0 spiro atoms. The summed E-state index contributed by atoms with van der Waals surface area (Å²) in [5.41, 5.74) is 9.28. The van der Waals surface area contributed by atoms with Crippen molar-refractivity contribution in [2.75, 3.05) is 11.9 Å². The van der Waals surface area contributed by atoms with Gasteiger partial charge in [-0.25, -0.2) is 4.98 Å². The highest BCUT2D eigenvalue weighted by atomic mass is 19.4. The van der Waals surface area contributed by atoms with E-state index < -0.39 is 23.3 Å². The fourth-order valence-electron chi connectivity index (χ4n) is 2.59. The molecule has 2 rings (SSSR count). The van der Waals surface area contributed by atoms with E-state index in [1.165, 1.54) is 0 Å². The molecule has 1 aliphatic rings. The maximum atomic E-state index is 12.8. The number of aromatic nitrogens is 1. The zero-order chi connectivity index (χ0) is 15.7. The number of hydrogen-bond acceptors (Lipinski definition) is 4. The highest BCUT2D eigenvalue weighted by Gasteiger charge is 2.36. The van der Waals surface area contributed by atoms with Crippen LogP contribution in [0, 0.1) is 0 Å². The molecule has 1 aromatic heterocycles. The molecule has 1 aliphatic carbocycles. The zero-order valence-corrected chi connectivity index (χ0v) is 11.3. The second-order valence-electron chi connectivity index (χ2n) is 5.27. The maximum absolute atomic E-state index is 12.8. The molecular weight excluding hydrogens is 285 g/mol. The minimum absolute atomic E-state index is 0.0669. The summed E-state index contributed by atoms with van der Waals surface area (Å²) < 4.78 is 38.3. The molecule has 21 heavy (non-hydrogen) atoms. The Bertz CT molecular complexity index is 539. The minimum Gasteiger partial charge on any atom is -0.365 e. The van der Waals surface area contributed by atoms with Gasteiger partial charge < -0.3 is 16.8 Å². The van der Waals surface area contributed by atoms with E-state index in [2.05, 4.69) is 10.3 Å². The summed E-state index contributed by atoms with van der Waals surface area (Å²) in [6.45, 7) is 0.253. The van der Waals surface area contributed by atoms with Crippen molar-refractivity contribution in [2.45, 2.75) is 37.4 Å². The van der Waals surface area contributed by atoms with E-state index in [1.807, 2.05) is 0 Å². The van der Waals surface area contributed by atoms with Crippen LogP contribution >= 0.6 is 0 Å². The first-order chi connectivity index (χ1) is 9.77. The molecule has 1 fully saturated rings. The molecule has 0 aromatic carbocycles. The first-order valence-electron chi connectivity index (χ1n) is 6.64. The summed E-state index contributed by atoms with van der Waals surface area (Å²) >= 11 is 0. The third-order valence-corrected chi connectivity index (χ3v) is 3.79. The van der Waals surface area contributed by atoms with Crippen molar-refractivity contribution in [2.24, 2.45) is 11.5 Å². The van der Waals surface area contributed by atoms with Crippen molar-refractivity contribution in [3.63, 3.8) is 0 Å². The van der Waals surface area contributed by atoms with E-state index in [0.29, 0.717) is 0 Å². The lowest BCUT2D eigenvalue weighted by Gasteiger charge is -2.30. The van der Waals surface area contributed by atoms with Crippen molar-refractivity contribution < 1.29 is 18.0 Å².